The first-order valence-electron chi connectivity index (χ1n) is 9.26. The third kappa shape index (κ3) is 4.13. The highest BCUT2D eigenvalue weighted by molar-refractivity contribution is 6.30. The summed E-state index contributed by atoms with van der Waals surface area (Å²) in [7, 11) is 0. The standard InChI is InChI=1S/C22H20ClNO5/c1-14(25)24-7-6-15-4-2-3-5-19(15)20(24)10-21(26)28-12-17-9-18(23)8-16-11-27-13-29-22(16)17/h2-9,20H,10-13H2,1H3/t20-/m1/s1. The fourth-order valence-corrected chi connectivity index (χ4v) is 3.92. The van der Waals surface area contributed by atoms with Gasteiger partial charge in [-0.25, -0.2) is 0 Å². The maximum absolute atomic E-state index is 12.6. The molecule has 29 heavy (non-hydrogen) atoms. The van der Waals surface area contributed by atoms with E-state index in [2.05, 4.69) is 0 Å². The van der Waals surface area contributed by atoms with E-state index in [1.807, 2.05) is 30.3 Å². The topological polar surface area (TPSA) is 65.1 Å². The van der Waals surface area contributed by atoms with Gasteiger partial charge in [0.25, 0.3) is 0 Å². The molecule has 0 saturated heterocycles. The van der Waals surface area contributed by atoms with E-state index in [1.165, 1.54) is 6.92 Å². The molecule has 0 unspecified atom stereocenters. The molecule has 0 N–H and O–H groups in total. The molecular formula is C22H20ClNO5. The van der Waals surface area contributed by atoms with Crippen molar-refractivity contribution >= 4 is 29.6 Å². The lowest BCUT2D eigenvalue weighted by molar-refractivity contribution is -0.147. The summed E-state index contributed by atoms with van der Waals surface area (Å²) in [6.45, 7) is 2.06. The molecule has 0 aliphatic carbocycles. The van der Waals surface area contributed by atoms with Gasteiger partial charge in [-0.05, 0) is 29.3 Å². The number of amides is 1. The molecule has 0 radical (unpaired) electrons. The Balaban J connectivity index is 1.49. The Labute approximate surface area is 173 Å². The van der Waals surface area contributed by atoms with Crippen LogP contribution >= 0.6 is 11.6 Å². The van der Waals surface area contributed by atoms with Crippen LogP contribution in [0.4, 0.5) is 0 Å². The van der Waals surface area contributed by atoms with Crippen molar-refractivity contribution in [2.75, 3.05) is 6.79 Å². The molecule has 1 amide bonds. The average Bonchev–Trinajstić information content (AvgIpc) is 2.72. The Kier molecular flexibility index (Phi) is 5.56. The third-order valence-corrected chi connectivity index (χ3v) is 5.19. The van der Waals surface area contributed by atoms with Crippen LogP contribution in [0.15, 0.2) is 42.6 Å². The van der Waals surface area contributed by atoms with Crippen molar-refractivity contribution in [1.82, 2.24) is 4.90 Å². The largest absolute Gasteiger partial charge is 0.467 e. The summed E-state index contributed by atoms with van der Waals surface area (Å²) in [5.74, 6) is 0.0998. The molecule has 7 heteroatoms. The van der Waals surface area contributed by atoms with Gasteiger partial charge in [-0.3, -0.25) is 9.59 Å². The Hall–Kier alpha value is -2.83. The van der Waals surface area contributed by atoms with E-state index in [0.29, 0.717) is 22.9 Å². The Morgan fingerprint density at radius 2 is 2.10 bits per heavy atom. The van der Waals surface area contributed by atoms with Crippen LogP contribution in [-0.4, -0.2) is 23.6 Å². The molecule has 2 aliphatic heterocycles. The van der Waals surface area contributed by atoms with E-state index in [1.54, 1.807) is 23.2 Å². The first kappa shape index (κ1) is 19.5. The van der Waals surface area contributed by atoms with Crippen LogP contribution in [0.5, 0.6) is 5.75 Å². The van der Waals surface area contributed by atoms with E-state index >= 15 is 0 Å². The monoisotopic (exact) mass is 413 g/mol. The molecule has 2 aromatic rings. The third-order valence-electron chi connectivity index (χ3n) is 4.97. The lowest BCUT2D eigenvalue weighted by Gasteiger charge is -2.32. The van der Waals surface area contributed by atoms with Crippen LogP contribution in [-0.2, 0) is 32.3 Å². The summed E-state index contributed by atoms with van der Waals surface area (Å²) in [5, 5.41) is 0.526. The predicted molar refractivity (Wildman–Crippen MR) is 107 cm³/mol. The number of benzene rings is 2. The van der Waals surface area contributed by atoms with Crippen LogP contribution in [0, 0.1) is 0 Å². The van der Waals surface area contributed by atoms with Crippen LogP contribution in [0.1, 0.15) is 41.6 Å². The fraction of sp³-hybridized carbons (Fsp3) is 0.273. The Morgan fingerprint density at radius 1 is 1.28 bits per heavy atom. The van der Waals surface area contributed by atoms with Gasteiger partial charge in [0.15, 0.2) is 6.79 Å². The van der Waals surface area contributed by atoms with E-state index in [-0.39, 0.29) is 25.7 Å². The van der Waals surface area contributed by atoms with Crippen molar-refractivity contribution in [3.05, 3.63) is 69.9 Å². The van der Waals surface area contributed by atoms with E-state index < -0.39 is 12.0 Å². The number of carbonyl (C=O) groups excluding carboxylic acids is 2. The second kappa shape index (κ2) is 8.27. The normalized spacial score (nSPS) is 17.2. The number of hydrogen-bond acceptors (Lipinski definition) is 5. The SMILES string of the molecule is CC(=O)N1C=Cc2ccccc2[C@H]1CC(=O)OCc1cc(Cl)cc2c1OCOC2. The molecule has 1 atom stereocenters. The number of esters is 1. The average molecular weight is 414 g/mol. The van der Waals surface area contributed by atoms with Crippen molar-refractivity contribution in [1.29, 1.82) is 0 Å². The van der Waals surface area contributed by atoms with E-state index in [4.69, 9.17) is 25.8 Å². The van der Waals surface area contributed by atoms with Gasteiger partial charge in [-0.2, -0.15) is 0 Å². The molecule has 2 heterocycles. The zero-order valence-corrected chi connectivity index (χ0v) is 16.6. The van der Waals surface area contributed by atoms with Crippen molar-refractivity contribution in [2.45, 2.75) is 32.6 Å². The molecule has 0 bridgehead atoms. The minimum Gasteiger partial charge on any atom is -0.467 e. The molecule has 2 aromatic carbocycles. The second-order valence-electron chi connectivity index (χ2n) is 6.92. The zero-order chi connectivity index (χ0) is 20.4. The number of hydrogen-bond donors (Lipinski definition) is 0. The van der Waals surface area contributed by atoms with Gasteiger partial charge in [0.05, 0.1) is 19.1 Å². The second-order valence-corrected chi connectivity index (χ2v) is 7.35. The van der Waals surface area contributed by atoms with Crippen LogP contribution in [0.2, 0.25) is 5.02 Å². The number of ether oxygens (including phenoxy) is 3. The predicted octanol–water partition coefficient (Wildman–Crippen LogP) is 4.21. The summed E-state index contributed by atoms with van der Waals surface area (Å²) in [4.78, 5) is 26.3. The molecule has 0 aromatic heterocycles. The molecule has 2 aliphatic rings. The highest BCUT2D eigenvalue weighted by Crippen LogP contribution is 2.34. The molecular weight excluding hydrogens is 394 g/mol. The van der Waals surface area contributed by atoms with E-state index in [9.17, 15) is 9.59 Å². The molecule has 0 saturated carbocycles. The number of rotatable bonds is 4. The molecule has 0 spiro atoms. The molecule has 0 fully saturated rings. The van der Waals surface area contributed by atoms with Gasteiger partial charge in [0.1, 0.15) is 12.4 Å². The van der Waals surface area contributed by atoms with Gasteiger partial charge in [-0.15, -0.1) is 0 Å². The Morgan fingerprint density at radius 3 is 2.93 bits per heavy atom. The van der Waals surface area contributed by atoms with Gasteiger partial charge >= 0.3 is 5.97 Å². The van der Waals surface area contributed by atoms with Crippen molar-refractivity contribution < 1.29 is 23.8 Å². The minimum atomic E-state index is -0.410. The first-order chi connectivity index (χ1) is 14.0. The highest BCUT2D eigenvalue weighted by Gasteiger charge is 2.29. The first-order valence-corrected chi connectivity index (χ1v) is 9.64. The molecule has 150 valence electrons. The van der Waals surface area contributed by atoms with Crippen molar-refractivity contribution in [3.63, 3.8) is 0 Å². The van der Waals surface area contributed by atoms with Gasteiger partial charge in [-0.1, -0.05) is 35.9 Å². The summed E-state index contributed by atoms with van der Waals surface area (Å²) in [6, 6.07) is 10.8. The van der Waals surface area contributed by atoms with Gasteiger partial charge in [0.2, 0.25) is 5.91 Å². The highest BCUT2D eigenvalue weighted by atomic mass is 35.5. The van der Waals surface area contributed by atoms with Crippen LogP contribution in [0.25, 0.3) is 6.08 Å². The minimum absolute atomic E-state index is 0.0337. The van der Waals surface area contributed by atoms with E-state index in [0.717, 1.165) is 16.7 Å². The fourth-order valence-electron chi connectivity index (χ4n) is 3.65. The smallest absolute Gasteiger partial charge is 0.308 e. The number of nitrogens with zero attached hydrogens (tertiary/aromatic N) is 1. The molecule has 4 rings (SSSR count). The number of carbonyl (C=O) groups is 2. The Bertz CT molecular complexity index is 987. The quantitative estimate of drug-likeness (QED) is 0.702. The summed E-state index contributed by atoms with van der Waals surface area (Å²) >= 11 is 6.16. The van der Waals surface area contributed by atoms with Crippen molar-refractivity contribution in [3.8, 4) is 5.75 Å². The summed E-state index contributed by atoms with van der Waals surface area (Å²) < 4.78 is 16.3. The van der Waals surface area contributed by atoms with Gasteiger partial charge < -0.3 is 19.1 Å². The number of halogens is 1. The van der Waals surface area contributed by atoms with Crippen LogP contribution < -0.4 is 4.74 Å². The summed E-state index contributed by atoms with van der Waals surface area (Å²) in [5.41, 5.74) is 3.42. The zero-order valence-electron chi connectivity index (χ0n) is 15.9. The lowest BCUT2D eigenvalue weighted by atomic mass is 9.94. The summed E-state index contributed by atoms with van der Waals surface area (Å²) in [6.07, 6.45) is 3.63. The van der Waals surface area contributed by atoms with Crippen molar-refractivity contribution in [2.24, 2.45) is 0 Å². The van der Waals surface area contributed by atoms with Crippen LogP contribution in [0.3, 0.4) is 0 Å². The van der Waals surface area contributed by atoms with Gasteiger partial charge in [0, 0.05) is 29.3 Å². The number of fused-ring (bicyclic) bond motifs is 2. The maximum Gasteiger partial charge on any atom is 0.308 e. The molecule has 6 nitrogen and oxygen atoms in total. The lowest BCUT2D eigenvalue weighted by Crippen LogP contribution is -2.32. The maximum atomic E-state index is 12.6.